The number of nitrogens with zero attached hydrogens (tertiary/aromatic N) is 4. The van der Waals surface area contributed by atoms with Crippen molar-refractivity contribution in [3.05, 3.63) is 18.6 Å². The normalized spacial score (nSPS) is 10.4. The van der Waals surface area contributed by atoms with Gasteiger partial charge in [-0.1, -0.05) is 176 Å². The van der Waals surface area contributed by atoms with Gasteiger partial charge in [-0.15, -0.1) is 0 Å². The fourth-order valence-electron chi connectivity index (χ4n) is 2.39. The first kappa shape index (κ1) is 46.0. The molecule has 0 aliphatic rings. The molecule has 14 heteroatoms. The molecular formula is C16H56Fe2N4Si8. The molecule has 0 fully saturated rings. The van der Waals surface area contributed by atoms with Crippen molar-refractivity contribution in [3.8, 4) is 0 Å². The molecule has 0 radical (unpaired) electrons. The second-order valence-corrected chi connectivity index (χ2v) is 31.6. The summed E-state index contributed by atoms with van der Waals surface area (Å²) in [6, 6.07) is 0. The molecule has 0 aromatic carbocycles. The maximum Gasteiger partial charge on any atom is 2.00 e. The third-order valence-corrected chi connectivity index (χ3v) is 21.5. The molecule has 0 spiro atoms. The molecule has 0 saturated carbocycles. The van der Waals surface area contributed by atoms with Crippen molar-refractivity contribution < 1.29 is 34.1 Å². The topological polar surface area (TPSA) is 56.4 Å². The van der Waals surface area contributed by atoms with Gasteiger partial charge in [-0.25, -0.2) is 0 Å². The van der Waals surface area contributed by atoms with Gasteiger partial charge in [0, 0.05) is 0 Å². The Morgan fingerprint density at radius 2 is 0.300 bits per heavy atom. The molecule has 0 bridgehead atoms. The predicted octanol–water partition coefficient (Wildman–Crippen LogP) is 5.30. The van der Waals surface area contributed by atoms with Crippen molar-refractivity contribution in [2.75, 3.05) is 0 Å². The smallest absolute Gasteiger partial charge is 0.672 e. The molecule has 30 heavy (non-hydrogen) atoms. The maximum atomic E-state index is 4.56. The summed E-state index contributed by atoms with van der Waals surface area (Å²) in [5, 5.41) is 0. The van der Waals surface area contributed by atoms with Crippen LogP contribution in [0.2, 0.25) is 105 Å². The molecule has 0 atom stereocenters. The summed E-state index contributed by atoms with van der Waals surface area (Å²) in [5.41, 5.74) is 0. The first-order valence-electron chi connectivity index (χ1n) is 11.3. The monoisotopic (exact) mass is 640 g/mol. The van der Waals surface area contributed by atoms with Crippen LogP contribution in [0.3, 0.4) is 0 Å². The molecule has 0 heterocycles. The molecule has 4 nitrogen and oxygen atoms in total. The van der Waals surface area contributed by atoms with Crippen LogP contribution in [0.5, 0.6) is 0 Å². The molecule has 0 aromatic rings. The van der Waals surface area contributed by atoms with Crippen LogP contribution in [0.15, 0.2) is 0 Å². The Labute approximate surface area is 227 Å². The van der Waals surface area contributed by atoms with Crippen LogP contribution in [-0.2, 0) is 34.1 Å². The van der Waals surface area contributed by atoms with Crippen molar-refractivity contribution in [1.82, 2.24) is 0 Å². The summed E-state index contributed by atoms with van der Waals surface area (Å²) in [6.07, 6.45) is 0. The third-order valence-electron chi connectivity index (χ3n) is 2.39. The number of hydrogen-bond acceptors (Lipinski definition) is 0. The first-order valence-corrected chi connectivity index (χ1v) is 33.9. The van der Waals surface area contributed by atoms with E-state index in [9.17, 15) is 0 Å². The van der Waals surface area contributed by atoms with Crippen LogP contribution in [0, 0.1) is 0 Å². The Kier molecular flexibility index (Phi) is 48.5. The van der Waals surface area contributed by atoms with E-state index in [2.05, 4.69) is 123 Å². The zero-order valence-electron chi connectivity index (χ0n) is 23.1. The number of hydrogen-bond donors (Lipinski definition) is 0. The van der Waals surface area contributed by atoms with E-state index < -0.39 is 71.7 Å². The van der Waals surface area contributed by atoms with E-state index in [-0.39, 0.29) is 34.1 Å². The van der Waals surface area contributed by atoms with Gasteiger partial charge in [0.1, 0.15) is 0 Å². The number of rotatable bonds is 8. The summed E-state index contributed by atoms with van der Waals surface area (Å²) >= 11 is 0. The molecule has 0 rings (SSSR count). The van der Waals surface area contributed by atoms with Gasteiger partial charge in [-0.05, 0) is 0 Å². The molecule has 0 aromatic heterocycles. The van der Waals surface area contributed by atoms with Crippen molar-refractivity contribution in [2.24, 2.45) is 0 Å². The van der Waals surface area contributed by atoms with Gasteiger partial charge >= 0.3 is 34.1 Å². The standard InChI is InChI=1S/4C4H14NSi2.2Fe/c4*1-6(2)5-7(3)4;;/h4*6-7H,1-4H3;;/q4*-1;2*+2. The van der Waals surface area contributed by atoms with E-state index in [1.54, 1.807) is 0 Å². The van der Waals surface area contributed by atoms with Crippen LogP contribution in [0.4, 0.5) is 0 Å². The van der Waals surface area contributed by atoms with Crippen LogP contribution >= 0.6 is 0 Å². The summed E-state index contributed by atoms with van der Waals surface area (Å²) in [7, 11) is -4.33. The van der Waals surface area contributed by atoms with E-state index >= 15 is 0 Å². The minimum atomic E-state index is -0.542. The SMILES string of the molecule is C[SiH](C)[N-][SiH](C)C.C[SiH](C)[N-][SiH](C)C.C[SiH](C)[N-][SiH](C)C.C[SiH](C)[N-][SiH](C)C.[Fe+2].[Fe+2]. The minimum absolute atomic E-state index is 0. The zero-order chi connectivity index (χ0) is 23.4. The second kappa shape index (κ2) is 31.6. The van der Waals surface area contributed by atoms with Gasteiger partial charge < -0.3 is 18.6 Å². The average Bonchev–Trinajstić information content (AvgIpc) is 2.32. The zero-order valence-corrected chi connectivity index (χ0v) is 34.6. The quantitative estimate of drug-likeness (QED) is 0.324. The van der Waals surface area contributed by atoms with E-state index in [0.29, 0.717) is 0 Å². The van der Waals surface area contributed by atoms with Crippen LogP contribution in [0.1, 0.15) is 0 Å². The van der Waals surface area contributed by atoms with Gasteiger partial charge in [0.05, 0.1) is 0 Å². The molecule has 188 valence electrons. The Bertz CT molecular complexity index is 222. The second-order valence-electron chi connectivity index (χ2n) is 9.35. The van der Waals surface area contributed by atoms with Crippen molar-refractivity contribution in [2.45, 2.75) is 105 Å². The Morgan fingerprint density at radius 1 is 0.233 bits per heavy atom. The molecule has 0 N–H and O–H groups in total. The van der Waals surface area contributed by atoms with E-state index in [0.717, 1.165) is 0 Å². The van der Waals surface area contributed by atoms with Crippen molar-refractivity contribution in [1.29, 1.82) is 0 Å². The molecule has 0 saturated heterocycles. The van der Waals surface area contributed by atoms with Crippen LogP contribution < -0.4 is 0 Å². The van der Waals surface area contributed by atoms with Crippen molar-refractivity contribution >= 4 is 71.7 Å². The fourth-order valence-corrected chi connectivity index (χ4v) is 21.5. The van der Waals surface area contributed by atoms with Gasteiger partial charge in [0.15, 0.2) is 0 Å². The largest absolute Gasteiger partial charge is 2.00 e. The van der Waals surface area contributed by atoms with Gasteiger partial charge in [0.25, 0.3) is 0 Å². The minimum Gasteiger partial charge on any atom is -0.672 e. The Balaban J connectivity index is -0.0000000626. The molecule has 0 aliphatic heterocycles. The van der Waals surface area contributed by atoms with Gasteiger partial charge in [-0.2, -0.15) is 0 Å². The van der Waals surface area contributed by atoms with Gasteiger partial charge in [0.2, 0.25) is 0 Å². The molecule has 0 aliphatic carbocycles. The van der Waals surface area contributed by atoms with E-state index in [4.69, 9.17) is 0 Å². The van der Waals surface area contributed by atoms with Crippen molar-refractivity contribution in [3.63, 3.8) is 0 Å². The summed E-state index contributed by atoms with van der Waals surface area (Å²) in [6.45, 7) is 36.3. The molecule has 0 amide bonds. The molecular weight excluding hydrogens is 585 g/mol. The molecule has 0 unspecified atom stereocenters. The summed E-state index contributed by atoms with van der Waals surface area (Å²) < 4.78 is 18.2. The predicted molar refractivity (Wildman–Crippen MR) is 164 cm³/mol. The van der Waals surface area contributed by atoms with E-state index in [1.807, 2.05) is 0 Å². The summed E-state index contributed by atoms with van der Waals surface area (Å²) in [4.78, 5) is 0. The fraction of sp³-hybridized carbons (Fsp3) is 1.00. The Morgan fingerprint density at radius 3 is 0.300 bits per heavy atom. The van der Waals surface area contributed by atoms with E-state index in [1.165, 1.54) is 0 Å². The van der Waals surface area contributed by atoms with Crippen LogP contribution in [-0.4, -0.2) is 71.7 Å². The summed E-state index contributed by atoms with van der Waals surface area (Å²) in [5.74, 6) is 0. The average molecular weight is 641 g/mol. The Hall–Kier alpha value is 2.61. The van der Waals surface area contributed by atoms with Crippen LogP contribution in [0.25, 0.3) is 18.6 Å². The third kappa shape index (κ3) is 77.5. The first-order chi connectivity index (χ1) is 12.5. The maximum absolute atomic E-state index is 4.56. The van der Waals surface area contributed by atoms with Gasteiger partial charge in [-0.3, -0.25) is 0 Å².